The Hall–Kier alpha value is -1.76. The summed E-state index contributed by atoms with van der Waals surface area (Å²) in [6.07, 6.45) is -4.70. The summed E-state index contributed by atoms with van der Waals surface area (Å²) in [5, 5.41) is 3.09. The first kappa shape index (κ1) is 17.3. The number of carbonyl (C=O) groups excluding carboxylic acids is 1. The van der Waals surface area contributed by atoms with Gasteiger partial charge in [-0.05, 0) is 31.5 Å². The maximum Gasteiger partial charge on any atom is 0.573 e. The number of benzene rings is 1. The first-order chi connectivity index (χ1) is 9.60. The number of hydrogen-bond acceptors (Lipinski definition) is 3. The Kier molecular flexibility index (Phi) is 5.60. The summed E-state index contributed by atoms with van der Waals surface area (Å²) >= 11 is 0. The van der Waals surface area contributed by atoms with E-state index in [2.05, 4.69) is 10.1 Å². The van der Waals surface area contributed by atoms with Crippen molar-refractivity contribution in [1.29, 1.82) is 0 Å². The Morgan fingerprint density at radius 1 is 1.19 bits per heavy atom. The second-order valence-corrected chi connectivity index (χ2v) is 4.96. The summed E-state index contributed by atoms with van der Waals surface area (Å²) in [5.74, 6) is -0.338. The first-order valence-corrected chi connectivity index (χ1v) is 6.43. The first-order valence-electron chi connectivity index (χ1n) is 6.43. The van der Waals surface area contributed by atoms with Gasteiger partial charge in [-0.1, -0.05) is 12.1 Å². The van der Waals surface area contributed by atoms with Crippen LogP contribution in [0.25, 0.3) is 0 Å². The third-order valence-electron chi connectivity index (χ3n) is 2.92. The molecule has 1 aromatic carbocycles. The number of nitrogens with zero attached hydrogens (tertiary/aromatic N) is 1. The van der Waals surface area contributed by atoms with E-state index in [1.807, 2.05) is 6.92 Å². The molecule has 2 unspecified atom stereocenters. The van der Waals surface area contributed by atoms with Crippen LogP contribution < -0.4 is 10.1 Å². The average Bonchev–Trinajstić information content (AvgIpc) is 2.36. The summed E-state index contributed by atoms with van der Waals surface area (Å²) in [4.78, 5) is 13.2. The van der Waals surface area contributed by atoms with E-state index in [1.54, 1.807) is 21.0 Å². The minimum absolute atomic E-state index is 0.0705. The molecule has 0 heterocycles. The molecule has 0 saturated carbocycles. The molecule has 1 amide bonds. The Bertz CT molecular complexity index is 472. The van der Waals surface area contributed by atoms with Crippen LogP contribution in [0.4, 0.5) is 13.2 Å². The zero-order chi connectivity index (χ0) is 16.2. The van der Waals surface area contributed by atoms with Crippen LogP contribution >= 0.6 is 0 Å². The minimum Gasteiger partial charge on any atom is -0.406 e. The van der Waals surface area contributed by atoms with Gasteiger partial charge in [0.05, 0.1) is 6.04 Å². The standard InChI is InChI=1S/C14H19F3N2O2/c1-9(18-10(2)13(20)19(3)4)11-5-7-12(8-6-11)21-14(15,16)17/h5-10,18H,1-4H3. The van der Waals surface area contributed by atoms with Crippen molar-refractivity contribution in [2.75, 3.05) is 14.1 Å². The van der Waals surface area contributed by atoms with Gasteiger partial charge in [-0.25, -0.2) is 0 Å². The summed E-state index contributed by atoms with van der Waals surface area (Å²) in [7, 11) is 3.32. The maximum absolute atomic E-state index is 12.1. The van der Waals surface area contributed by atoms with Gasteiger partial charge in [0.15, 0.2) is 0 Å². The summed E-state index contributed by atoms with van der Waals surface area (Å²) < 4.78 is 40.0. The topological polar surface area (TPSA) is 41.6 Å². The highest BCUT2D eigenvalue weighted by atomic mass is 19.4. The molecule has 0 aliphatic rings. The molecule has 0 bridgehead atoms. The molecule has 1 aromatic rings. The van der Waals surface area contributed by atoms with Gasteiger partial charge in [-0.2, -0.15) is 0 Å². The van der Waals surface area contributed by atoms with Gasteiger partial charge in [0.2, 0.25) is 5.91 Å². The second kappa shape index (κ2) is 6.80. The van der Waals surface area contributed by atoms with Crippen LogP contribution in [-0.2, 0) is 4.79 Å². The lowest BCUT2D eigenvalue weighted by atomic mass is 10.1. The fraction of sp³-hybridized carbons (Fsp3) is 0.500. The number of amides is 1. The molecule has 118 valence electrons. The SMILES string of the molecule is CC(NC(C)c1ccc(OC(F)(F)F)cc1)C(=O)N(C)C. The van der Waals surface area contributed by atoms with Crippen LogP contribution in [0.15, 0.2) is 24.3 Å². The van der Waals surface area contributed by atoms with Crippen LogP contribution in [-0.4, -0.2) is 37.3 Å². The van der Waals surface area contributed by atoms with Crippen molar-refractivity contribution in [3.63, 3.8) is 0 Å². The van der Waals surface area contributed by atoms with Crippen molar-refractivity contribution < 1.29 is 22.7 Å². The van der Waals surface area contributed by atoms with E-state index in [0.717, 1.165) is 5.56 Å². The Morgan fingerprint density at radius 2 is 1.71 bits per heavy atom. The van der Waals surface area contributed by atoms with E-state index in [0.29, 0.717) is 0 Å². The summed E-state index contributed by atoms with van der Waals surface area (Å²) in [6.45, 7) is 3.57. The van der Waals surface area contributed by atoms with Gasteiger partial charge in [-0.15, -0.1) is 13.2 Å². The zero-order valence-corrected chi connectivity index (χ0v) is 12.4. The van der Waals surface area contributed by atoms with Crippen LogP contribution in [0, 0.1) is 0 Å². The molecule has 0 aromatic heterocycles. The molecule has 2 atom stereocenters. The molecule has 0 spiro atoms. The fourth-order valence-corrected chi connectivity index (χ4v) is 1.89. The quantitative estimate of drug-likeness (QED) is 0.909. The van der Waals surface area contributed by atoms with E-state index < -0.39 is 6.36 Å². The highest BCUT2D eigenvalue weighted by Crippen LogP contribution is 2.24. The van der Waals surface area contributed by atoms with Crippen LogP contribution in [0.3, 0.4) is 0 Å². The Balaban J connectivity index is 2.67. The van der Waals surface area contributed by atoms with Crippen molar-refractivity contribution in [3.05, 3.63) is 29.8 Å². The molecule has 0 aliphatic carbocycles. The molecule has 0 aliphatic heterocycles. The average molecular weight is 304 g/mol. The van der Waals surface area contributed by atoms with Crippen LogP contribution in [0.5, 0.6) is 5.75 Å². The van der Waals surface area contributed by atoms with Crippen molar-refractivity contribution in [3.8, 4) is 5.75 Å². The number of nitrogens with one attached hydrogen (secondary N) is 1. The van der Waals surface area contributed by atoms with E-state index in [4.69, 9.17) is 0 Å². The molecular formula is C14H19F3N2O2. The van der Waals surface area contributed by atoms with Crippen molar-refractivity contribution in [2.45, 2.75) is 32.3 Å². The van der Waals surface area contributed by atoms with Gasteiger partial charge in [-0.3, -0.25) is 10.1 Å². The van der Waals surface area contributed by atoms with Crippen LogP contribution in [0.2, 0.25) is 0 Å². The number of likely N-dealkylation sites (N-methyl/N-ethyl adjacent to an activating group) is 1. The number of carbonyl (C=O) groups is 1. The summed E-state index contributed by atoms with van der Waals surface area (Å²) in [5.41, 5.74) is 0.767. The van der Waals surface area contributed by atoms with Crippen molar-refractivity contribution in [1.82, 2.24) is 10.2 Å². The molecular weight excluding hydrogens is 285 g/mol. The minimum atomic E-state index is -4.70. The van der Waals surface area contributed by atoms with E-state index in [-0.39, 0.29) is 23.7 Å². The highest BCUT2D eigenvalue weighted by molar-refractivity contribution is 5.80. The van der Waals surface area contributed by atoms with Gasteiger partial charge < -0.3 is 9.64 Å². The number of rotatable bonds is 5. The zero-order valence-electron chi connectivity index (χ0n) is 12.4. The van der Waals surface area contributed by atoms with E-state index >= 15 is 0 Å². The van der Waals surface area contributed by atoms with Crippen molar-refractivity contribution >= 4 is 5.91 Å². The predicted octanol–water partition coefficient (Wildman–Crippen LogP) is 2.71. The second-order valence-electron chi connectivity index (χ2n) is 4.96. The normalized spacial score (nSPS) is 14.4. The molecule has 0 saturated heterocycles. The van der Waals surface area contributed by atoms with Gasteiger partial charge in [0, 0.05) is 20.1 Å². The van der Waals surface area contributed by atoms with E-state index in [1.165, 1.54) is 29.2 Å². The monoisotopic (exact) mass is 304 g/mol. The third kappa shape index (κ3) is 5.63. The molecule has 21 heavy (non-hydrogen) atoms. The van der Waals surface area contributed by atoms with Gasteiger partial charge in [0.1, 0.15) is 5.75 Å². The fourth-order valence-electron chi connectivity index (χ4n) is 1.89. The Morgan fingerprint density at radius 3 is 2.14 bits per heavy atom. The summed E-state index contributed by atoms with van der Waals surface area (Å²) in [6, 6.07) is 5.00. The molecule has 4 nitrogen and oxygen atoms in total. The number of halogens is 3. The third-order valence-corrected chi connectivity index (χ3v) is 2.92. The number of hydrogen-bond donors (Lipinski definition) is 1. The largest absolute Gasteiger partial charge is 0.573 e. The Labute approximate surface area is 121 Å². The molecule has 0 fully saturated rings. The molecule has 1 rings (SSSR count). The van der Waals surface area contributed by atoms with Crippen molar-refractivity contribution in [2.24, 2.45) is 0 Å². The molecule has 0 radical (unpaired) electrons. The van der Waals surface area contributed by atoms with Crippen LogP contribution in [0.1, 0.15) is 25.5 Å². The lowest BCUT2D eigenvalue weighted by Gasteiger charge is -2.22. The van der Waals surface area contributed by atoms with E-state index in [9.17, 15) is 18.0 Å². The smallest absolute Gasteiger partial charge is 0.406 e. The molecule has 1 N–H and O–H groups in total. The number of alkyl halides is 3. The van der Waals surface area contributed by atoms with Gasteiger partial charge >= 0.3 is 6.36 Å². The highest BCUT2D eigenvalue weighted by Gasteiger charge is 2.31. The lowest BCUT2D eigenvalue weighted by molar-refractivity contribution is -0.274. The van der Waals surface area contributed by atoms with Gasteiger partial charge in [0.25, 0.3) is 0 Å². The predicted molar refractivity (Wildman–Crippen MR) is 72.8 cm³/mol. The number of ether oxygens (including phenoxy) is 1. The maximum atomic E-state index is 12.1. The molecule has 7 heteroatoms. The lowest BCUT2D eigenvalue weighted by Crippen LogP contribution is -2.42.